The number of rotatable bonds is 5. The van der Waals surface area contributed by atoms with Gasteiger partial charge in [-0.25, -0.2) is 4.79 Å². The molecule has 0 amide bonds. The second-order valence-electron chi connectivity index (χ2n) is 2.89. The molecule has 0 heterocycles. The van der Waals surface area contributed by atoms with Crippen molar-refractivity contribution in [2.24, 2.45) is 0 Å². The molecular weight excluding hydrogens is 208 g/mol. The third kappa shape index (κ3) is 3.57. The van der Waals surface area contributed by atoms with Gasteiger partial charge < -0.3 is 9.47 Å². The molecular formula is C12H12O4. The molecule has 0 saturated carbocycles. The smallest absolute Gasteiger partial charge is 0.330 e. The van der Waals surface area contributed by atoms with E-state index in [1.165, 1.54) is 19.3 Å². The highest BCUT2D eigenvalue weighted by Crippen LogP contribution is 2.15. The second kappa shape index (κ2) is 6.40. The number of carbonyl (C=O) groups excluding carboxylic acids is 2. The third-order valence-corrected chi connectivity index (χ3v) is 1.84. The molecule has 0 atom stereocenters. The minimum atomic E-state index is -0.438. The molecule has 1 rings (SSSR count). The molecule has 0 aromatic heterocycles. The Morgan fingerprint density at radius 3 is 2.81 bits per heavy atom. The van der Waals surface area contributed by atoms with Gasteiger partial charge in [0.2, 0.25) is 0 Å². The molecule has 4 heteroatoms. The van der Waals surface area contributed by atoms with Gasteiger partial charge in [0.25, 0.3) is 0 Å². The summed E-state index contributed by atoms with van der Waals surface area (Å²) < 4.78 is 9.71. The van der Waals surface area contributed by atoms with E-state index in [1.807, 2.05) is 0 Å². The predicted octanol–water partition coefficient (Wildman–Crippen LogP) is 1.61. The van der Waals surface area contributed by atoms with Gasteiger partial charge in [-0.2, -0.15) is 0 Å². The fourth-order valence-electron chi connectivity index (χ4n) is 1.06. The summed E-state index contributed by atoms with van der Waals surface area (Å²) in [5, 5.41) is 0. The van der Waals surface area contributed by atoms with Gasteiger partial charge in [0.1, 0.15) is 12.4 Å². The Bertz CT molecular complexity index is 396. The van der Waals surface area contributed by atoms with Crippen molar-refractivity contribution in [2.75, 3.05) is 13.7 Å². The monoisotopic (exact) mass is 220 g/mol. The normalized spacial score (nSPS) is 10.1. The minimum absolute atomic E-state index is 0.208. The van der Waals surface area contributed by atoms with E-state index in [0.717, 1.165) is 6.29 Å². The fourth-order valence-corrected chi connectivity index (χ4v) is 1.06. The van der Waals surface area contributed by atoms with E-state index < -0.39 is 5.97 Å². The second-order valence-corrected chi connectivity index (χ2v) is 2.89. The van der Waals surface area contributed by atoms with Crippen LogP contribution in [0.2, 0.25) is 0 Å². The van der Waals surface area contributed by atoms with E-state index >= 15 is 0 Å². The van der Waals surface area contributed by atoms with Gasteiger partial charge in [-0.05, 0) is 18.2 Å². The van der Waals surface area contributed by atoms with Crippen molar-refractivity contribution in [3.63, 3.8) is 0 Å². The number of ether oxygens (including phenoxy) is 2. The summed E-state index contributed by atoms with van der Waals surface area (Å²) in [5.74, 6) is 0.0549. The van der Waals surface area contributed by atoms with Gasteiger partial charge in [-0.15, -0.1) is 0 Å². The Morgan fingerprint density at radius 2 is 2.12 bits per heavy atom. The predicted molar refractivity (Wildman–Crippen MR) is 58.5 cm³/mol. The van der Waals surface area contributed by atoms with Gasteiger partial charge in [0.15, 0.2) is 6.29 Å². The van der Waals surface area contributed by atoms with Gasteiger partial charge in [-0.1, -0.05) is 12.1 Å². The zero-order valence-electron chi connectivity index (χ0n) is 8.88. The van der Waals surface area contributed by atoms with E-state index in [-0.39, 0.29) is 6.61 Å². The molecule has 0 aliphatic carbocycles. The lowest BCUT2D eigenvalue weighted by Gasteiger charge is -2.04. The highest BCUT2D eigenvalue weighted by Gasteiger charge is 1.99. The van der Waals surface area contributed by atoms with Crippen molar-refractivity contribution in [2.45, 2.75) is 0 Å². The minimum Gasteiger partial charge on any atom is -0.489 e. The van der Waals surface area contributed by atoms with E-state index in [9.17, 15) is 9.59 Å². The van der Waals surface area contributed by atoms with Crippen LogP contribution in [-0.4, -0.2) is 26.0 Å². The average Bonchev–Trinajstić information content (AvgIpc) is 2.34. The Hall–Kier alpha value is -2.10. The Morgan fingerprint density at radius 1 is 1.38 bits per heavy atom. The molecule has 0 N–H and O–H groups in total. The van der Waals surface area contributed by atoms with Crippen molar-refractivity contribution in [1.82, 2.24) is 0 Å². The maximum atomic E-state index is 10.7. The van der Waals surface area contributed by atoms with Crippen LogP contribution in [0.4, 0.5) is 0 Å². The standard InChI is InChI=1S/C12H12O4/c1-15-12(14)7-4-8-16-11-6-3-2-5-10(11)9-13/h2-7,9H,8H2,1H3/b7-4+. The van der Waals surface area contributed by atoms with E-state index in [0.29, 0.717) is 11.3 Å². The number of benzene rings is 1. The van der Waals surface area contributed by atoms with Crippen molar-refractivity contribution in [3.8, 4) is 5.75 Å². The molecule has 0 unspecified atom stereocenters. The lowest BCUT2D eigenvalue weighted by Crippen LogP contribution is -1.99. The molecule has 16 heavy (non-hydrogen) atoms. The molecule has 0 fully saturated rings. The first-order valence-corrected chi connectivity index (χ1v) is 4.69. The first-order chi connectivity index (χ1) is 7.77. The van der Waals surface area contributed by atoms with Crippen LogP contribution in [0.1, 0.15) is 10.4 Å². The fraction of sp³-hybridized carbons (Fsp3) is 0.167. The molecule has 84 valence electrons. The zero-order chi connectivity index (χ0) is 11.8. The summed E-state index contributed by atoms with van der Waals surface area (Å²) >= 11 is 0. The van der Waals surface area contributed by atoms with Crippen molar-refractivity contribution in [1.29, 1.82) is 0 Å². The van der Waals surface area contributed by atoms with Crippen molar-refractivity contribution >= 4 is 12.3 Å². The van der Waals surface area contributed by atoms with Crippen LogP contribution in [0.5, 0.6) is 5.75 Å². The average molecular weight is 220 g/mol. The van der Waals surface area contributed by atoms with Crippen LogP contribution in [0, 0.1) is 0 Å². The largest absolute Gasteiger partial charge is 0.489 e. The number of hydrogen-bond acceptors (Lipinski definition) is 4. The first-order valence-electron chi connectivity index (χ1n) is 4.69. The molecule has 0 bridgehead atoms. The molecule has 1 aromatic carbocycles. The SMILES string of the molecule is COC(=O)/C=C/COc1ccccc1C=O. The first kappa shape index (κ1) is 12.0. The van der Waals surface area contributed by atoms with Crippen molar-refractivity contribution in [3.05, 3.63) is 42.0 Å². The van der Waals surface area contributed by atoms with Gasteiger partial charge in [-0.3, -0.25) is 4.79 Å². The Labute approximate surface area is 93.5 Å². The Kier molecular flexibility index (Phi) is 4.79. The molecule has 0 spiro atoms. The maximum absolute atomic E-state index is 10.7. The molecule has 4 nitrogen and oxygen atoms in total. The van der Waals surface area contributed by atoms with Gasteiger partial charge >= 0.3 is 5.97 Å². The number of para-hydroxylation sites is 1. The Balaban J connectivity index is 2.51. The van der Waals surface area contributed by atoms with Crippen LogP contribution in [0.3, 0.4) is 0 Å². The van der Waals surface area contributed by atoms with Crippen molar-refractivity contribution < 1.29 is 19.1 Å². The summed E-state index contributed by atoms with van der Waals surface area (Å²) in [4.78, 5) is 21.4. The number of esters is 1. The highest BCUT2D eigenvalue weighted by molar-refractivity contribution is 5.81. The summed E-state index contributed by atoms with van der Waals surface area (Å²) in [6.07, 6.45) is 3.51. The summed E-state index contributed by atoms with van der Waals surface area (Å²) in [7, 11) is 1.30. The lowest BCUT2D eigenvalue weighted by atomic mass is 10.2. The van der Waals surface area contributed by atoms with E-state index in [4.69, 9.17) is 4.74 Å². The van der Waals surface area contributed by atoms with Crippen LogP contribution in [-0.2, 0) is 9.53 Å². The molecule has 1 aromatic rings. The zero-order valence-corrected chi connectivity index (χ0v) is 8.88. The maximum Gasteiger partial charge on any atom is 0.330 e. The molecule has 0 aliphatic rings. The number of carbonyl (C=O) groups is 2. The summed E-state index contributed by atoms with van der Waals surface area (Å²) in [5.41, 5.74) is 0.481. The molecule has 0 saturated heterocycles. The van der Waals surface area contributed by atoms with Gasteiger partial charge in [0.05, 0.1) is 12.7 Å². The summed E-state index contributed by atoms with van der Waals surface area (Å²) in [6.45, 7) is 0.208. The van der Waals surface area contributed by atoms with Crippen LogP contribution in [0.25, 0.3) is 0 Å². The van der Waals surface area contributed by atoms with Crippen LogP contribution >= 0.6 is 0 Å². The van der Waals surface area contributed by atoms with Crippen LogP contribution in [0.15, 0.2) is 36.4 Å². The van der Waals surface area contributed by atoms with Crippen LogP contribution < -0.4 is 4.74 Å². The highest BCUT2D eigenvalue weighted by atomic mass is 16.5. The number of aldehydes is 1. The third-order valence-electron chi connectivity index (χ3n) is 1.84. The van der Waals surface area contributed by atoms with E-state index in [2.05, 4.69) is 4.74 Å². The molecule has 0 radical (unpaired) electrons. The summed E-state index contributed by atoms with van der Waals surface area (Å²) in [6, 6.07) is 6.87. The van der Waals surface area contributed by atoms with Gasteiger partial charge in [0, 0.05) is 6.08 Å². The number of hydrogen-bond donors (Lipinski definition) is 0. The number of methoxy groups -OCH3 is 1. The topological polar surface area (TPSA) is 52.6 Å². The quantitative estimate of drug-likeness (QED) is 0.429. The van der Waals surface area contributed by atoms with E-state index in [1.54, 1.807) is 24.3 Å². The molecule has 0 aliphatic heterocycles. The lowest BCUT2D eigenvalue weighted by molar-refractivity contribution is -0.134.